The average molecular weight is 174 g/mol. The van der Waals surface area contributed by atoms with Crippen LogP contribution in [0.3, 0.4) is 0 Å². The van der Waals surface area contributed by atoms with E-state index in [0.717, 1.165) is 25.9 Å². The highest BCUT2D eigenvalue weighted by molar-refractivity contribution is 4.72. The van der Waals surface area contributed by atoms with Crippen molar-refractivity contribution >= 4 is 0 Å². The molecule has 0 aromatic heterocycles. The molecule has 0 saturated heterocycles. The molecule has 12 heavy (non-hydrogen) atoms. The predicted octanol–water partition coefficient (Wildman–Crippen LogP) is 2.21. The molecule has 74 valence electrons. The number of methoxy groups -OCH3 is 1. The standard InChI is InChI=1S/C10H22O2/c1-10(2,3)9(11)7-5-6-8-12-4/h9,11H,5-8H2,1-4H3. The van der Waals surface area contributed by atoms with Gasteiger partial charge >= 0.3 is 0 Å². The Balaban J connectivity index is 3.38. The van der Waals surface area contributed by atoms with E-state index in [0.29, 0.717) is 0 Å². The van der Waals surface area contributed by atoms with Gasteiger partial charge in [0.1, 0.15) is 0 Å². The van der Waals surface area contributed by atoms with E-state index in [4.69, 9.17) is 4.74 Å². The van der Waals surface area contributed by atoms with Gasteiger partial charge in [0.2, 0.25) is 0 Å². The van der Waals surface area contributed by atoms with Crippen molar-refractivity contribution in [1.82, 2.24) is 0 Å². The van der Waals surface area contributed by atoms with Gasteiger partial charge in [0, 0.05) is 13.7 Å². The van der Waals surface area contributed by atoms with E-state index in [2.05, 4.69) is 20.8 Å². The molecule has 0 saturated carbocycles. The molecule has 1 unspecified atom stereocenters. The highest BCUT2D eigenvalue weighted by atomic mass is 16.5. The molecule has 0 bridgehead atoms. The molecule has 0 aliphatic carbocycles. The van der Waals surface area contributed by atoms with Crippen molar-refractivity contribution in [2.45, 2.75) is 46.1 Å². The third kappa shape index (κ3) is 5.56. The zero-order valence-corrected chi connectivity index (χ0v) is 8.76. The molecule has 0 aliphatic rings. The third-order valence-electron chi connectivity index (χ3n) is 2.08. The summed E-state index contributed by atoms with van der Waals surface area (Å²) in [5, 5.41) is 9.64. The number of ether oxygens (including phenoxy) is 1. The molecule has 2 nitrogen and oxygen atoms in total. The fourth-order valence-corrected chi connectivity index (χ4v) is 1.02. The Morgan fingerprint density at radius 3 is 2.25 bits per heavy atom. The van der Waals surface area contributed by atoms with Crippen LogP contribution in [0.15, 0.2) is 0 Å². The van der Waals surface area contributed by atoms with E-state index in [1.54, 1.807) is 7.11 Å². The number of hydrogen-bond donors (Lipinski definition) is 1. The van der Waals surface area contributed by atoms with Crippen molar-refractivity contribution in [3.05, 3.63) is 0 Å². The van der Waals surface area contributed by atoms with Crippen LogP contribution in [-0.4, -0.2) is 24.9 Å². The van der Waals surface area contributed by atoms with E-state index in [-0.39, 0.29) is 11.5 Å². The highest BCUT2D eigenvalue weighted by Crippen LogP contribution is 2.22. The largest absolute Gasteiger partial charge is 0.393 e. The Kier molecular flexibility index (Phi) is 5.51. The molecule has 1 atom stereocenters. The SMILES string of the molecule is COCCCCC(O)C(C)(C)C. The van der Waals surface area contributed by atoms with Gasteiger partial charge in [-0.05, 0) is 24.7 Å². The van der Waals surface area contributed by atoms with Crippen LogP contribution >= 0.6 is 0 Å². The maximum atomic E-state index is 9.64. The van der Waals surface area contributed by atoms with Crippen LogP contribution in [0.2, 0.25) is 0 Å². The Morgan fingerprint density at radius 2 is 1.83 bits per heavy atom. The van der Waals surface area contributed by atoms with E-state index < -0.39 is 0 Å². The minimum atomic E-state index is -0.186. The van der Waals surface area contributed by atoms with Gasteiger partial charge in [0.15, 0.2) is 0 Å². The quantitative estimate of drug-likeness (QED) is 0.647. The van der Waals surface area contributed by atoms with E-state index >= 15 is 0 Å². The van der Waals surface area contributed by atoms with Gasteiger partial charge in [-0.2, -0.15) is 0 Å². The van der Waals surface area contributed by atoms with Crippen LogP contribution < -0.4 is 0 Å². The third-order valence-corrected chi connectivity index (χ3v) is 2.08. The van der Waals surface area contributed by atoms with Crippen molar-refractivity contribution in [2.24, 2.45) is 5.41 Å². The summed E-state index contributed by atoms with van der Waals surface area (Å²) in [4.78, 5) is 0. The summed E-state index contributed by atoms with van der Waals surface area (Å²) in [7, 11) is 1.71. The summed E-state index contributed by atoms with van der Waals surface area (Å²) < 4.78 is 4.93. The monoisotopic (exact) mass is 174 g/mol. The molecule has 0 heterocycles. The predicted molar refractivity (Wildman–Crippen MR) is 51.2 cm³/mol. The maximum Gasteiger partial charge on any atom is 0.0588 e. The molecule has 2 heteroatoms. The summed E-state index contributed by atoms with van der Waals surface area (Å²) in [5.74, 6) is 0. The van der Waals surface area contributed by atoms with Crippen LogP contribution in [0.25, 0.3) is 0 Å². The van der Waals surface area contributed by atoms with Crippen molar-refractivity contribution in [3.8, 4) is 0 Å². The van der Waals surface area contributed by atoms with Crippen LogP contribution in [0, 0.1) is 5.41 Å². The van der Waals surface area contributed by atoms with E-state index in [1.165, 1.54) is 0 Å². The van der Waals surface area contributed by atoms with Crippen LogP contribution in [0.4, 0.5) is 0 Å². The highest BCUT2D eigenvalue weighted by Gasteiger charge is 2.20. The summed E-state index contributed by atoms with van der Waals surface area (Å²) in [6, 6.07) is 0. The lowest BCUT2D eigenvalue weighted by molar-refractivity contribution is 0.0515. The summed E-state index contributed by atoms with van der Waals surface area (Å²) in [5.41, 5.74) is 0.0209. The van der Waals surface area contributed by atoms with Crippen LogP contribution in [-0.2, 0) is 4.74 Å². The molecule has 0 aliphatic heterocycles. The Bertz CT molecular complexity index is 105. The van der Waals surface area contributed by atoms with Gasteiger partial charge in [0.25, 0.3) is 0 Å². The minimum Gasteiger partial charge on any atom is -0.393 e. The first-order valence-electron chi connectivity index (χ1n) is 4.65. The second kappa shape index (κ2) is 5.55. The first-order valence-corrected chi connectivity index (χ1v) is 4.65. The lowest BCUT2D eigenvalue weighted by Crippen LogP contribution is -2.25. The van der Waals surface area contributed by atoms with Gasteiger partial charge in [-0.3, -0.25) is 0 Å². The molecule has 0 rings (SSSR count). The zero-order valence-electron chi connectivity index (χ0n) is 8.76. The van der Waals surface area contributed by atoms with E-state index in [9.17, 15) is 5.11 Å². The smallest absolute Gasteiger partial charge is 0.0588 e. The fourth-order valence-electron chi connectivity index (χ4n) is 1.02. The Labute approximate surface area is 75.9 Å². The fraction of sp³-hybridized carbons (Fsp3) is 1.00. The summed E-state index contributed by atoms with van der Waals surface area (Å²) in [6.07, 6.45) is 2.79. The molecule has 0 aromatic carbocycles. The normalized spacial score (nSPS) is 14.8. The van der Waals surface area contributed by atoms with Gasteiger partial charge < -0.3 is 9.84 Å². The number of rotatable bonds is 5. The minimum absolute atomic E-state index is 0.0209. The second-order valence-electron chi connectivity index (χ2n) is 4.37. The second-order valence-corrected chi connectivity index (χ2v) is 4.37. The number of unbranched alkanes of at least 4 members (excludes halogenated alkanes) is 1. The van der Waals surface area contributed by atoms with Crippen molar-refractivity contribution < 1.29 is 9.84 Å². The number of aliphatic hydroxyl groups excluding tert-OH is 1. The molecule has 0 fully saturated rings. The van der Waals surface area contributed by atoms with Gasteiger partial charge in [-0.25, -0.2) is 0 Å². The van der Waals surface area contributed by atoms with E-state index in [1.807, 2.05) is 0 Å². The molecule has 0 radical (unpaired) electrons. The molecular formula is C10H22O2. The van der Waals surface area contributed by atoms with Gasteiger partial charge in [-0.15, -0.1) is 0 Å². The molecule has 1 N–H and O–H groups in total. The van der Waals surface area contributed by atoms with Crippen LogP contribution in [0.5, 0.6) is 0 Å². The molecular weight excluding hydrogens is 152 g/mol. The topological polar surface area (TPSA) is 29.5 Å². The number of aliphatic hydroxyl groups is 1. The summed E-state index contributed by atoms with van der Waals surface area (Å²) >= 11 is 0. The van der Waals surface area contributed by atoms with Crippen molar-refractivity contribution in [3.63, 3.8) is 0 Å². The zero-order chi connectivity index (χ0) is 9.61. The Morgan fingerprint density at radius 1 is 1.25 bits per heavy atom. The first-order chi connectivity index (χ1) is 5.48. The van der Waals surface area contributed by atoms with Crippen LogP contribution in [0.1, 0.15) is 40.0 Å². The first kappa shape index (κ1) is 11.9. The van der Waals surface area contributed by atoms with Crippen molar-refractivity contribution in [2.75, 3.05) is 13.7 Å². The molecule has 0 spiro atoms. The molecule has 0 aromatic rings. The van der Waals surface area contributed by atoms with Crippen molar-refractivity contribution in [1.29, 1.82) is 0 Å². The van der Waals surface area contributed by atoms with Gasteiger partial charge in [0.05, 0.1) is 6.10 Å². The molecule has 0 amide bonds. The lowest BCUT2D eigenvalue weighted by Gasteiger charge is -2.25. The number of hydrogen-bond acceptors (Lipinski definition) is 2. The average Bonchev–Trinajstić information content (AvgIpc) is 1.96. The van der Waals surface area contributed by atoms with Gasteiger partial charge in [-0.1, -0.05) is 20.8 Å². The maximum absolute atomic E-state index is 9.64. The Hall–Kier alpha value is -0.0800. The lowest BCUT2D eigenvalue weighted by atomic mass is 9.86. The summed E-state index contributed by atoms with van der Waals surface area (Å²) in [6.45, 7) is 6.99.